The molecule has 0 saturated heterocycles. The van der Waals surface area contributed by atoms with Gasteiger partial charge >= 0.3 is 58.7 Å². The van der Waals surface area contributed by atoms with Crippen LogP contribution in [-0.4, -0.2) is 17.4 Å². The van der Waals surface area contributed by atoms with E-state index in [1.807, 2.05) is 0 Å². The maximum Gasteiger partial charge on any atom is 1.00 e. The smallest absolute Gasteiger partial charge is 1.00 e. The van der Waals surface area contributed by atoms with Crippen LogP contribution in [0.4, 0.5) is 0 Å². The molecule has 0 aromatic rings. The van der Waals surface area contributed by atoms with Crippen LogP contribution in [0, 0.1) is 0 Å². The zero-order valence-electron chi connectivity index (χ0n) is 6.03. The van der Waals surface area contributed by atoms with Crippen LogP contribution in [-0.2, 0) is 4.65 Å². The van der Waals surface area contributed by atoms with E-state index in [-0.39, 0.29) is 52.8 Å². The van der Waals surface area contributed by atoms with Gasteiger partial charge in [0.25, 0.3) is 0 Å². The third-order valence-electron chi connectivity index (χ3n) is 0.336. The minimum atomic E-state index is -1.68. The van der Waals surface area contributed by atoms with Gasteiger partial charge in [-0.3, -0.25) is 0 Å². The molecule has 0 fully saturated rings. The average Bonchev–Trinajstić information content (AvgIpc) is 1.61. The van der Waals surface area contributed by atoms with Crippen LogP contribution < -0.4 is 51.4 Å². The van der Waals surface area contributed by atoms with E-state index in [4.69, 9.17) is 10.0 Å². The normalized spacial score (nSPS) is 8.38. The van der Waals surface area contributed by atoms with Crippen molar-refractivity contribution in [3.63, 3.8) is 0 Å². The van der Waals surface area contributed by atoms with Crippen molar-refractivity contribution in [2.24, 2.45) is 0 Å². The van der Waals surface area contributed by atoms with Gasteiger partial charge in [0.2, 0.25) is 0 Å². The van der Waals surface area contributed by atoms with Crippen LogP contribution in [0.15, 0.2) is 12.3 Å². The summed E-state index contributed by atoms with van der Waals surface area (Å²) in [6, 6.07) is 0. The zero-order valence-corrected chi connectivity index (χ0v) is 8.16. The molecule has 2 N–H and O–H groups in total. The van der Waals surface area contributed by atoms with Gasteiger partial charge in [-0.1, -0.05) is 6.08 Å². The zero-order chi connectivity index (χ0) is 5.70. The minimum Gasteiger partial charge on any atom is -1.00 e. The summed E-state index contributed by atoms with van der Waals surface area (Å²) >= 11 is 0. The molecule has 0 aliphatic heterocycles. The Morgan fingerprint density at radius 3 is 2.25 bits per heavy atom. The van der Waals surface area contributed by atoms with Crippen molar-refractivity contribution in [3.8, 4) is 0 Å². The van der Waals surface area contributed by atoms with Crippen LogP contribution in [0.25, 0.3) is 0 Å². The van der Waals surface area contributed by atoms with Gasteiger partial charge < -0.3 is 16.1 Å². The van der Waals surface area contributed by atoms with E-state index in [1.165, 1.54) is 6.26 Å². The predicted molar refractivity (Wildman–Crippen MR) is 27.2 cm³/mol. The Morgan fingerprint density at radius 2 is 2.12 bits per heavy atom. The number of hydrogen-bond acceptors (Lipinski definition) is 3. The summed E-state index contributed by atoms with van der Waals surface area (Å²) in [6.07, 6.45) is 2.75. The molecule has 0 amide bonds. The molecule has 0 atom stereocenters. The van der Waals surface area contributed by atoms with Crippen molar-refractivity contribution >= 4 is 7.32 Å². The summed E-state index contributed by atoms with van der Waals surface area (Å²) in [5, 5.41) is 15.9. The molecular weight excluding hydrogens is 134 g/mol. The van der Waals surface area contributed by atoms with Gasteiger partial charge in [0, 0.05) is 0 Å². The van der Waals surface area contributed by atoms with E-state index in [9.17, 15) is 0 Å². The minimum absolute atomic E-state index is 0. The molecule has 0 aromatic carbocycles. The quantitative estimate of drug-likeness (QED) is 0.312. The van der Waals surface area contributed by atoms with Crippen LogP contribution >= 0.6 is 0 Å². The Labute approximate surface area is 92.8 Å². The summed E-state index contributed by atoms with van der Waals surface area (Å²) < 4.78 is 4.12. The first-order chi connectivity index (χ1) is 3.27. The van der Waals surface area contributed by atoms with Crippen molar-refractivity contribution in [3.05, 3.63) is 12.3 Å². The van der Waals surface area contributed by atoms with E-state index >= 15 is 0 Å². The average molecular weight is 142 g/mol. The third kappa shape index (κ3) is 10.2. The van der Waals surface area contributed by atoms with Gasteiger partial charge in [-0.15, -0.1) is 0 Å². The molecular formula is C3H8BKO3. The number of allylic oxidation sites excluding steroid dienone is 1. The molecule has 0 aromatic heterocycles. The second-order valence-electron chi connectivity index (χ2n) is 0.932. The van der Waals surface area contributed by atoms with Crippen molar-refractivity contribution in [2.75, 3.05) is 0 Å². The van der Waals surface area contributed by atoms with E-state index in [0.717, 1.165) is 0 Å². The maximum atomic E-state index is 7.97. The Bertz CT molecular complexity index is 70.1. The number of hydrogen-bond donors (Lipinski definition) is 2. The molecule has 0 spiro atoms. The van der Waals surface area contributed by atoms with E-state index in [1.54, 1.807) is 13.0 Å². The standard InChI is InChI=1S/C3H7BO3.K.H/c1-2-3-7-4(5)6;;/h2-3,5-6H,1H3;;/q;+1;-1. The summed E-state index contributed by atoms with van der Waals surface area (Å²) in [5.74, 6) is 0. The monoisotopic (exact) mass is 142 g/mol. The fourth-order valence-corrected chi connectivity index (χ4v) is 0.149. The topological polar surface area (TPSA) is 49.7 Å². The Morgan fingerprint density at radius 1 is 1.62 bits per heavy atom. The third-order valence-corrected chi connectivity index (χ3v) is 0.336. The van der Waals surface area contributed by atoms with Crippen molar-refractivity contribution in [1.29, 1.82) is 0 Å². The van der Waals surface area contributed by atoms with Gasteiger partial charge in [0.05, 0.1) is 6.26 Å². The number of rotatable bonds is 2. The molecule has 0 rings (SSSR count). The molecule has 0 radical (unpaired) electrons. The van der Waals surface area contributed by atoms with E-state index < -0.39 is 7.32 Å². The molecule has 8 heavy (non-hydrogen) atoms. The second kappa shape index (κ2) is 8.16. The van der Waals surface area contributed by atoms with Crippen LogP contribution in [0.2, 0.25) is 0 Å². The molecule has 0 saturated carbocycles. The summed E-state index contributed by atoms with van der Waals surface area (Å²) in [5.41, 5.74) is 0. The van der Waals surface area contributed by atoms with Crippen molar-refractivity contribution in [1.82, 2.24) is 0 Å². The first kappa shape index (κ1) is 11.9. The summed E-state index contributed by atoms with van der Waals surface area (Å²) in [7, 11) is -1.68. The largest absolute Gasteiger partial charge is 1.00 e. The first-order valence-corrected chi connectivity index (χ1v) is 1.90. The van der Waals surface area contributed by atoms with Crippen LogP contribution in [0.1, 0.15) is 8.35 Å². The fraction of sp³-hybridized carbons (Fsp3) is 0.333. The maximum absolute atomic E-state index is 7.97. The van der Waals surface area contributed by atoms with Crippen LogP contribution in [0.5, 0.6) is 0 Å². The van der Waals surface area contributed by atoms with Gasteiger partial charge in [-0.2, -0.15) is 0 Å². The molecule has 5 heteroatoms. The molecule has 0 unspecified atom stereocenters. The van der Waals surface area contributed by atoms with Gasteiger partial charge in [-0.25, -0.2) is 0 Å². The Balaban J connectivity index is -0.000000180. The molecule has 0 bridgehead atoms. The Hall–Kier alpha value is 1.16. The fourth-order valence-electron chi connectivity index (χ4n) is 0.149. The van der Waals surface area contributed by atoms with Gasteiger partial charge in [0.1, 0.15) is 0 Å². The van der Waals surface area contributed by atoms with E-state index in [0.29, 0.717) is 0 Å². The molecule has 42 valence electrons. The SMILES string of the molecule is CC=COB(O)O.[H-].[K+]. The molecule has 0 heterocycles. The van der Waals surface area contributed by atoms with E-state index in [2.05, 4.69) is 4.65 Å². The molecule has 0 aliphatic rings. The molecule has 0 aliphatic carbocycles. The summed E-state index contributed by atoms with van der Waals surface area (Å²) in [4.78, 5) is 0. The van der Waals surface area contributed by atoms with Crippen molar-refractivity contribution < 1.29 is 67.5 Å². The second-order valence-corrected chi connectivity index (χ2v) is 0.932. The molecule has 3 nitrogen and oxygen atoms in total. The van der Waals surface area contributed by atoms with Gasteiger partial charge in [0.15, 0.2) is 0 Å². The predicted octanol–water partition coefficient (Wildman–Crippen LogP) is -3.38. The summed E-state index contributed by atoms with van der Waals surface area (Å²) in [6.45, 7) is 1.71. The van der Waals surface area contributed by atoms with Crippen molar-refractivity contribution in [2.45, 2.75) is 6.92 Å². The van der Waals surface area contributed by atoms with Crippen LogP contribution in [0.3, 0.4) is 0 Å². The first-order valence-electron chi connectivity index (χ1n) is 1.90. The Kier molecular flexibility index (Phi) is 12.1. The van der Waals surface area contributed by atoms with Gasteiger partial charge in [-0.05, 0) is 6.92 Å².